The maximum absolute atomic E-state index is 13.9. The summed E-state index contributed by atoms with van der Waals surface area (Å²) in [6.07, 6.45) is -1.40. The summed E-state index contributed by atoms with van der Waals surface area (Å²) in [6.45, 7) is 4.45. The second-order valence-electron chi connectivity index (χ2n) is 7.49. The molecular weight excluding hydrogens is 492 g/mol. The number of benzene rings is 2. The van der Waals surface area contributed by atoms with E-state index in [2.05, 4.69) is 4.90 Å². The van der Waals surface area contributed by atoms with Crippen LogP contribution in [0.5, 0.6) is 5.75 Å². The largest absolute Gasteiger partial charge is 0.486 e. The molecule has 176 valence electrons. The van der Waals surface area contributed by atoms with Crippen LogP contribution < -0.4 is 10.5 Å². The van der Waals surface area contributed by atoms with Gasteiger partial charge < -0.3 is 19.9 Å². The van der Waals surface area contributed by atoms with E-state index < -0.39 is 18.0 Å². The molecule has 1 amide bonds. The minimum Gasteiger partial charge on any atom is -0.486 e. The van der Waals surface area contributed by atoms with Gasteiger partial charge in [0.15, 0.2) is 0 Å². The fourth-order valence-electron chi connectivity index (χ4n) is 3.70. The number of hydrogen-bond donors (Lipinski definition) is 1. The van der Waals surface area contributed by atoms with Crippen molar-refractivity contribution in [1.29, 1.82) is 0 Å². The average Bonchev–Trinajstić information content (AvgIpc) is 3.20. The Balaban J connectivity index is 1.58. The van der Waals surface area contributed by atoms with Crippen molar-refractivity contribution in [2.24, 2.45) is 5.73 Å². The Morgan fingerprint density at radius 2 is 2.06 bits per heavy atom. The third kappa shape index (κ3) is 5.50. The number of nitrogens with two attached hydrogens (primary N) is 1. The highest BCUT2D eigenvalue weighted by atomic mass is 35.5. The number of carbonyl (C=O) groups excluding carboxylic acids is 1. The van der Waals surface area contributed by atoms with Gasteiger partial charge in [-0.15, -0.1) is 11.3 Å². The quantitative estimate of drug-likeness (QED) is 0.428. The molecule has 1 aliphatic heterocycles. The molecule has 7 nitrogen and oxygen atoms in total. The molecule has 2 aromatic carbocycles. The second kappa shape index (κ2) is 10.4. The smallest absolute Gasteiger partial charge is 0.404 e. The van der Waals surface area contributed by atoms with Crippen LogP contribution in [-0.2, 0) is 9.47 Å². The molecule has 4 rings (SSSR count). The number of hydrogen-bond acceptors (Lipinski definition) is 7. The molecule has 2 unspecified atom stereocenters. The van der Waals surface area contributed by atoms with Gasteiger partial charge in [-0.25, -0.2) is 14.2 Å². The molecule has 2 N–H and O–H groups in total. The number of nitrogens with zero attached hydrogens (tertiary/aromatic N) is 2. The van der Waals surface area contributed by atoms with Gasteiger partial charge in [-0.1, -0.05) is 23.2 Å². The van der Waals surface area contributed by atoms with Crippen molar-refractivity contribution in [1.82, 2.24) is 9.88 Å². The third-order valence-electron chi connectivity index (χ3n) is 5.33. The van der Waals surface area contributed by atoms with Crippen LogP contribution in [-0.4, -0.2) is 48.9 Å². The number of primary amides is 1. The van der Waals surface area contributed by atoms with Crippen molar-refractivity contribution in [3.8, 4) is 5.75 Å². The molecule has 1 saturated heterocycles. The molecule has 0 saturated carbocycles. The van der Waals surface area contributed by atoms with Crippen molar-refractivity contribution in [3.05, 3.63) is 56.8 Å². The highest BCUT2D eigenvalue weighted by Gasteiger charge is 2.27. The van der Waals surface area contributed by atoms with E-state index in [0.29, 0.717) is 42.6 Å². The molecule has 0 spiro atoms. The monoisotopic (exact) mass is 513 g/mol. The maximum Gasteiger partial charge on any atom is 0.404 e. The van der Waals surface area contributed by atoms with Crippen molar-refractivity contribution >= 4 is 50.8 Å². The van der Waals surface area contributed by atoms with Crippen LogP contribution in [0.25, 0.3) is 10.2 Å². The average molecular weight is 514 g/mol. The molecule has 2 atom stereocenters. The van der Waals surface area contributed by atoms with Crippen LogP contribution in [0, 0.1) is 5.82 Å². The van der Waals surface area contributed by atoms with E-state index in [0.717, 1.165) is 15.2 Å². The SMILES string of the molecule is CC(Oc1ccc2nc(C(COC(N)=O)N3CCOCC3)sc2c1)c1c(Cl)ccc(F)c1Cl. The molecule has 33 heavy (non-hydrogen) atoms. The molecule has 1 aromatic heterocycles. The predicted molar refractivity (Wildman–Crippen MR) is 126 cm³/mol. The van der Waals surface area contributed by atoms with E-state index in [4.69, 9.17) is 48.1 Å². The molecule has 11 heteroatoms. The summed E-state index contributed by atoms with van der Waals surface area (Å²) >= 11 is 13.8. The van der Waals surface area contributed by atoms with Gasteiger partial charge in [0, 0.05) is 23.7 Å². The predicted octanol–water partition coefficient (Wildman–Crippen LogP) is 5.35. The Kier molecular flexibility index (Phi) is 7.55. The standard InChI is InChI=1S/C22H22Cl2FN3O4S/c1-12(19-14(23)3-4-15(25)20(19)24)32-13-2-5-16-18(10-13)33-21(27-16)17(11-31-22(26)29)28-6-8-30-9-7-28/h2-5,10,12,17H,6-9,11H2,1H3,(H2,26,29). The Bertz CT molecular complexity index is 1160. The third-order valence-corrected chi connectivity index (χ3v) is 7.16. The van der Waals surface area contributed by atoms with Gasteiger partial charge in [-0.2, -0.15) is 0 Å². The molecule has 0 bridgehead atoms. The van der Waals surface area contributed by atoms with Gasteiger partial charge in [-0.05, 0) is 37.3 Å². The fraction of sp³-hybridized carbons (Fsp3) is 0.364. The number of halogens is 3. The number of thiazole rings is 1. The molecule has 2 heterocycles. The van der Waals surface area contributed by atoms with Gasteiger partial charge in [-0.3, -0.25) is 4.90 Å². The molecular formula is C22H22Cl2FN3O4S. The van der Waals surface area contributed by atoms with Gasteiger partial charge in [0.2, 0.25) is 0 Å². The topological polar surface area (TPSA) is 86.9 Å². The first-order valence-corrected chi connectivity index (χ1v) is 11.8. The van der Waals surface area contributed by atoms with Crippen molar-refractivity contribution in [2.45, 2.75) is 19.1 Å². The van der Waals surface area contributed by atoms with E-state index >= 15 is 0 Å². The van der Waals surface area contributed by atoms with Crippen molar-refractivity contribution in [3.63, 3.8) is 0 Å². The van der Waals surface area contributed by atoms with Crippen LogP contribution in [0.3, 0.4) is 0 Å². The molecule has 0 aliphatic carbocycles. The lowest BCUT2D eigenvalue weighted by Crippen LogP contribution is -2.41. The van der Waals surface area contributed by atoms with E-state index in [9.17, 15) is 9.18 Å². The number of aromatic nitrogens is 1. The highest BCUT2D eigenvalue weighted by molar-refractivity contribution is 7.18. The first-order chi connectivity index (χ1) is 15.8. The van der Waals surface area contributed by atoms with Gasteiger partial charge in [0.1, 0.15) is 29.3 Å². The summed E-state index contributed by atoms with van der Waals surface area (Å²) in [7, 11) is 0. The van der Waals surface area contributed by atoms with Crippen LogP contribution in [0.2, 0.25) is 10.0 Å². The molecule has 0 radical (unpaired) electrons. The van der Waals surface area contributed by atoms with Gasteiger partial charge >= 0.3 is 6.09 Å². The molecule has 3 aromatic rings. The van der Waals surface area contributed by atoms with E-state index in [1.54, 1.807) is 13.0 Å². The van der Waals surface area contributed by atoms with Gasteiger partial charge in [0.25, 0.3) is 0 Å². The lowest BCUT2D eigenvalue weighted by Gasteiger charge is -2.32. The normalized spacial score (nSPS) is 16.5. The number of morpholine rings is 1. The lowest BCUT2D eigenvalue weighted by atomic mass is 10.1. The fourth-order valence-corrected chi connectivity index (χ4v) is 5.49. The molecule has 1 fully saturated rings. The minimum atomic E-state index is -0.825. The van der Waals surface area contributed by atoms with E-state index in [1.807, 2.05) is 12.1 Å². The minimum absolute atomic E-state index is 0.0565. The number of rotatable bonds is 7. The highest BCUT2D eigenvalue weighted by Crippen LogP contribution is 2.37. The summed E-state index contributed by atoms with van der Waals surface area (Å²) in [5.74, 6) is 0.0132. The number of fused-ring (bicyclic) bond motifs is 1. The first-order valence-electron chi connectivity index (χ1n) is 10.3. The second-order valence-corrected chi connectivity index (χ2v) is 9.34. The van der Waals surface area contributed by atoms with Crippen LogP contribution in [0.15, 0.2) is 30.3 Å². The zero-order valence-electron chi connectivity index (χ0n) is 17.7. The number of ether oxygens (including phenoxy) is 3. The number of amides is 1. The van der Waals surface area contributed by atoms with E-state index in [-0.39, 0.29) is 17.7 Å². The lowest BCUT2D eigenvalue weighted by molar-refractivity contribution is 0.000331. The number of carbonyl (C=O) groups is 1. The Hall–Kier alpha value is -2.17. The Morgan fingerprint density at radius 3 is 2.79 bits per heavy atom. The zero-order chi connectivity index (χ0) is 23.5. The molecule has 1 aliphatic rings. The summed E-state index contributed by atoms with van der Waals surface area (Å²) in [5, 5.41) is 1.08. The Morgan fingerprint density at radius 1 is 1.30 bits per heavy atom. The van der Waals surface area contributed by atoms with Gasteiger partial charge in [0.05, 0.1) is 34.5 Å². The zero-order valence-corrected chi connectivity index (χ0v) is 20.1. The summed E-state index contributed by atoms with van der Waals surface area (Å²) in [5.41, 5.74) is 6.36. The summed E-state index contributed by atoms with van der Waals surface area (Å²) < 4.78 is 31.4. The summed E-state index contributed by atoms with van der Waals surface area (Å²) in [6, 6.07) is 7.94. The van der Waals surface area contributed by atoms with Crippen molar-refractivity contribution in [2.75, 3.05) is 32.9 Å². The Labute approximate surface area is 204 Å². The van der Waals surface area contributed by atoms with E-state index in [1.165, 1.54) is 23.5 Å². The van der Waals surface area contributed by atoms with Crippen LogP contribution in [0.4, 0.5) is 9.18 Å². The van der Waals surface area contributed by atoms with Crippen LogP contribution in [0.1, 0.15) is 29.6 Å². The van der Waals surface area contributed by atoms with Crippen molar-refractivity contribution < 1.29 is 23.4 Å². The van der Waals surface area contributed by atoms with Crippen LogP contribution >= 0.6 is 34.5 Å². The first kappa shape index (κ1) is 24.0. The summed E-state index contributed by atoms with van der Waals surface area (Å²) in [4.78, 5) is 18.1. The maximum atomic E-state index is 13.9.